The van der Waals surface area contributed by atoms with Crippen LogP contribution in [0.3, 0.4) is 0 Å². The van der Waals surface area contributed by atoms with Gasteiger partial charge in [0.2, 0.25) is 0 Å². The summed E-state index contributed by atoms with van der Waals surface area (Å²) in [6.07, 6.45) is 2.65. The summed E-state index contributed by atoms with van der Waals surface area (Å²) in [6.45, 7) is 0. The molecule has 0 amide bonds. The maximum atomic E-state index is 10.5. The Bertz CT molecular complexity index is 151. The first-order chi connectivity index (χ1) is 5.24. The monoisotopic (exact) mass is 269 g/mol. The van der Waals surface area contributed by atoms with E-state index in [0.717, 1.165) is 23.8 Å². The van der Waals surface area contributed by atoms with Gasteiger partial charge in [-0.15, -0.1) is 0 Å². The molecule has 11 heavy (non-hydrogen) atoms. The van der Waals surface area contributed by atoms with Gasteiger partial charge in [-0.25, -0.2) is 0 Å². The van der Waals surface area contributed by atoms with Gasteiger partial charge in [-0.1, -0.05) is 22.6 Å². The molecule has 1 rings (SSSR count). The van der Waals surface area contributed by atoms with E-state index in [1.165, 1.54) is 0 Å². The molecule has 1 aliphatic rings. The van der Waals surface area contributed by atoms with Crippen molar-refractivity contribution in [3.8, 4) is 0 Å². The maximum absolute atomic E-state index is 10.5. The Morgan fingerprint density at radius 3 is 2.82 bits per heavy atom. The standard InChI is InChI=1S/C7H12INO2/c8-4-9-6-2-1-5(3-6)7(10)11/h5-6,9H,1-4H2,(H,10,11)/t5-,6-/m1/s1. The van der Waals surface area contributed by atoms with E-state index in [0.29, 0.717) is 6.04 Å². The van der Waals surface area contributed by atoms with Crippen LogP contribution in [0.5, 0.6) is 0 Å². The lowest BCUT2D eigenvalue weighted by molar-refractivity contribution is -0.141. The van der Waals surface area contributed by atoms with Crippen molar-refractivity contribution in [3.63, 3.8) is 0 Å². The fourth-order valence-corrected chi connectivity index (χ4v) is 2.12. The molecule has 1 fully saturated rings. The average molecular weight is 269 g/mol. The van der Waals surface area contributed by atoms with E-state index in [1.807, 2.05) is 0 Å². The molecule has 0 aromatic heterocycles. The minimum atomic E-state index is -0.636. The Balaban J connectivity index is 2.29. The van der Waals surface area contributed by atoms with Crippen LogP contribution in [0.1, 0.15) is 19.3 Å². The summed E-state index contributed by atoms with van der Waals surface area (Å²) in [4.78, 5) is 10.5. The number of hydrogen-bond donors (Lipinski definition) is 2. The molecule has 0 heterocycles. The van der Waals surface area contributed by atoms with E-state index >= 15 is 0 Å². The van der Waals surface area contributed by atoms with Crippen LogP contribution in [0.4, 0.5) is 0 Å². The third-order valence-electron chi connectivity index (χ3n) is 2.15. The Kier molecular flexibility index (Phi) is 3.58. The van der Waals surface area contributed by atoms with E-state index in [-0.39, 0.29) is 5.92 Å². The quantitative estimate of drug-likeness (QED) is 0.460. The molecule has 2 N–H and O–H groups in total. The van der Waals surface area contributed by atoms with E-state index in [2.05, 4.69) is 27.9 Å². The smallest absolute Gasteiger partial charge is 0.306 e. The zero-order valence-electron chi connectivity index (χ0n) is 6.22. The lowest BCUT2D eigenvalue weighted by atomic mass is 10.1. The van der Waals surface area contributed by atoms with Gasteiger partial charge in [-0.2, -0.15) is 0 Å². The fraction of sp³-hybridized carbons (Fsp3) is 0.857. The topological polar surface area (TPSA) is 49.3 Å². The molecular weight excluding hydrogens is 257 g/mol. The van der Waals surface area contributed by atoms with Crippen LogP contribution >= 0.6 is 22.6 Å². The molecule has 0 spiro atoms. The van der Waals surface area contributed by atoms with Gasteiger partial charge in [-0.3, -0.25) is 4.79 Å². The summed E-state index contributed by atoms with van der Waals surface area (Å²) in [5.41, 5.74) is 0. The first-order valence-electron chi connectivity index (χ1n) is 3.76. The summed E-state index contributed by atoms with van der Waals surface area (Å²) in [5, 5.41) is 11.9. The molecule has 1 saturated carbocycles. The van der Waals surface area contributed by atoms with Gasteiger partial charge in [0.15, 0.2) is 0 Å². The molecule has 0 saturated heterocycles. The summed E-state index contributed by atoms with van der Waals surface area (Å²) in [6, 6.07) is 0.438. The third-order valence-corrected chi connectivity index (χ3v) is 2.59. The molecule has 2 atom stereocenters. The lowest BCUT2D eigenvalue weighted by Crippen LogP contribution is -2.25. The summed E-state index contributed by atoms with van der Waals surface area (Å²) in [5.74, 6) is -0.738. The second-order valence-electron chi connectivity index (χ2n) is 2.88. The highest BCUT2D eigenvalue weighted by Crippen LogP contribution is 2.25. The van der Waals surface area contributed by atoms with Crippen LogP contribution in [0, 0.1) is 5.92 Å². The molecule has 4 heteroatoms. The van der Waals surface area contributed by atoms with Crippen LogP contribution in [-0.4, -0.2) is 21.7 Å². The first-order valence-corrected chi connectivity index (χ1v) is 5.28. The fourth-order valence-electron chi connectivity index (χ4n) is 1.50. The lowest BCUT2D eigenvalue weighted by Gasteiger charge is -2.08. The number of carboxylic acid groups (broad SMARTS) is 1. The van der Waals surface area contributed by atoms with Gasteiger partial charge < -0.3 is 10.4 Å². The number of alkyl halides is 1. The van der Waals surface area contributed by atoms with Crippen molar-refractivity contribution >= 4 is 28.6 Å². The number of aliphatic carboxylic acids is 1. The number of carbonyl (C=O) groups is 1. The number of halogens is 1. The minimum absolute atomic E-state index is 0.101. The number of rotatable bonds is 3. The van der Waals surface area contributed by atoms with Gasteiger partial charge in [0, 0.05) is 10.6 Å². The molecule has 0 radical (unpaired) electrons. The van der Waals surface area contributed by atoms with Crippen molar-refractivity contribution in [2.45, 2.75) is 25.3 Å². The van der Waals surface area contributed by atoms with Gasteiger partial charge in [0.1, 0.15) is 0 Å². The zero-order valence-corrected chi connectivity index (χ0v) is 8.37. The Morgan fingerprint density at radius 2 is 2.36 bits per heavy atom. The Hall–Kier alpha value is 0.160. The number of hydrogen-bond acceptors (Lipinski definition) is 2. The van der Waals surface area contributed by atoms with Gasteiger partial charge in [-0.05, 0) is 19.3 Å². The van der Waals surface area contributed by atoms with E-state index in [4.69, 9.17) is 5.11 Å². The van der Waals surface area contributed by atoms with Crippen molar-refractivity contribution < 1.29 is 9.90 Å². The van der Waals surface area contributed by atoms with E-state index in [9.17, 15) is 4.79 Å². The van der Waals surface area contributed by atoms with Crippen molar-refractivity contribution in [3.05, 3.63) is 0 Å². The Labute approximate surface area is 79.7 Å². The van der Waals surface area contributed by atoms with Gasteiger partial charge >= 0.3 is 5.97 Å². The molecule has 64 valence electrons. The minimum Gasteiger partial charge on any atom is -0.481 e. The SMILES string of the molecule is O=C(O)[C@@H]1CC[C@@H](NCI)C1. The van der Waals surface area contributed by atoms with Crippen molar-refractivity contribution in [2.24, 2.45) is 5.92 Å². The van der Waals surface area contributed by atoms with E-state index in [1.54, 1.807) is 0 Å². The molecule has 0 aromatic carbocycles. The van der Waals surface area contributed by atoms with Crippen molar-refractivity contribution in [1.82, 2.24) is 5.32 Å². The van der Waals surface area contributed by atoms with Crippen LogP contribution in [-0.2, 0) is 4.79 Å². The summed E-state index contributed by atoms with van der Waals surface area (Å²) >= 11 is 2.24. The number of carboxylic acids is 1. The molecule has 3 nitrogen and oxygen atoms in total. The number of nitrogens with one attached hydrogen (secondary N) is 1. The summed E-state index contributed by atoms with van der Waals surface area (Å²) in [7, 11) is 0. The molecule has 0 bridgehead atoms. The highest BCUT2D eigenvalue weighted by atomic mass is 127. The van der Waals surface area contributed by atoms with Crippen molar-refractivity contribution in [1.29, 1.82) is 0 Å². The largest absolute Gasteiger partial charge is 0.481 e. The second kappa shape index (κ2) is 4.25. The van der Waals surface area contributed by atoms with Gasteiger partial charge in [0.05, 0.1) is 5.92 Å². The first kappa shape index (κ1) is 9.25. The van der Waals surface area contributed by atoms with Crippen LogP contribution in [0.25, 0.3) is 0 Å². The average Bonchev–Trinajstić information content (AvgIpc) is 2.37. The predicted octanol–water partition coefficient (Wildman–Crippen LogP) is 1.22. The van der Waals surface area contributed by atoms with Gasteiger partial charge in [0.25, 0.3) is 0 Å². The third kappa shape index (κ3) is 2.59. The molecule has 0 unspecified atom stereocenters. The highest BCUT2D eigenvalue weighted by Gasteiger charge is 2.28. The van der Waals surface area contributed by atoms with Crippen LogP contribution in [0.15, 0.2) is 0 Å². The molecule has 1 aliphatic carbocycles. The molecule has 0 aliphatic heterocycles. The van der Waals surface area contributed by atoms with Crippen LogP contribution < -0.4 is 5.32 Å². The van der Waals surface area contributed by atoms with Crippen molar-refractivity contribution in [2.75, 3.05) is 4.55 Å². The molecular formula is C7H12INO2. The summed E-state index contributed by atoms with van der Waals surface area (Å²) < 4.78 is 0.911. The van der Waals surface area contributed by atoms with Crippen LogP contribution in [0.2, 0.25) is 0 Å². The normalized spacial score (nSPS) is 30.6. The van der Waals surface area contributed by atoms with E-state index < -0.39 is 5.97 Å². The predicted molar refractivity (Wildman–Crippen MR) is 50.8 cm³/mol. The maximum Gasteiger partial charge on any atom is 0.306 e. The highest BCUT2D eigenvalue weighted by molar-refractivity contribution is 14.1. The second-order valence-corrected chi connectivity index (χ2v) is 3.65. The Morgan fingerprint density at radius 1 is 1.64 bits per heavy atom. The zero-order chi connectivity index (χ0) is 8.27. The molecule has 0 aromatic rings.